The molecule has 1 N–H and O–H groups in total. The number of rotatable bonds is 4. The van der Waals surface area contributed by atoms with Crippen molar-refractivity contribution in [3.63, 3.8) is 0 Å². The van der Waals surface area contributed by atoms with Gasteiger partial charge in [0.1, 0.15) is 5.56 Å². The number of ether oxygens (including phenoxy) is 1. The van der Waals surface area contributed by atoms with Crippen LogP contribution < -0.4 is 4.74 Å². The molecule has 128 valence electrons. The highest BCUT2D eigenvalue weighted by Crippen LogP contribution is 2.34. The molecule has 2 rings (SSSR count). The second-order valence-electron chi connectivity index (χ2n) is 6.06. The molecule has 1 aliphatic heterocycles. The number of carboxylic acids is 1. The number of piperidine rings is 1. The number of halogens is 1. The summed E-state index contributed by atoms with van der Waals surface area (Å²) in [6.45, 7) is 4.83. The van der Waals surface area contributed by atoms with Crippen LogP contribution in [0.2, 0.25) is 5.02 Å². The van der Waals surface area contributed by atoms with E-state index in [0.29, 0.717) is 13.1 Å². The molecule has 1 heterocycles. The Labute approximate surface area is 141 Å². The van der Waals surface area contributed by atoms with Crippen molar-refractivity contribution in [2.45, 2.75) is 25.2 Å². The molecule has 1 fully saturated rings. The monoisotopic (exact) mass is 361 g/mol. The lowest BCUT2D eigenvalue weighted by molar-refractivity contribution is 0.0693. The Kier molecular flexibility index (Phi) is 5.23. The maximum absolute atomic E-state index is 12.8. The molecule has 1 aliphatic rings. The van der Waals surface area contributed by atoms with Gasteiger partial charge in [-0.3, -0.25) is 0 Å². The minimum Gasteiger partial charge on any atom is -0.494 e. The third-order valence-corrected chi connectivity index (χ3v) is 6.01. The van der Waals surface area contributed by atoms with E-state index in [-0.39, 0.29) is 33.1 Å². The average Bonchev–Trinajstić information content (AvgIpc) is 2.45. The lowest BCUT2D eigenvalue weighted by atomic mass is 9.94. The Hall–Kier alpha value is -1.31. The van der Waals surface area contributed by atoms with Gasteiger partial charge in [-0.15, -0.1) is 0 Å². The molecule has 1 aromatic rings. The molecule has 0 aliphatic carbocycles. The van der Waals surface area contributed by atoms with Gasteiger partial charge < -0.3 is 9.84 Å². The zero-order valence-electron chi connectivity index (χ0n) is 13.2. The van der Waals surface area contributed by atoms with E-state index in [0.717, 1.165) is 12.5 Å². The van der Waals surface area contributed by atoms with Crippen molar-refractivity contribution in [1.82, 2.24) is 4.31 Å². The molecule has 23 heavy (non-hydrogen) atoms. The zero-order chi connectivity index (χ0) is 17.4. The number of sulfonamides is 1. The summed E-state index contributed by atoms with van der Waals surface area (Å²) in [4.78, 5) is 11.2. The van der Waals surface area contributed by atoms with Crippen molar-refractivity contribution in [3.8, 4) is 5.75 Å². The number of carbonyl (C=O) groups is 1. The maximum Gasteiger partial charge on any atom is 0.339 e. The van der Waals surface area contributed by atoms with Gasteiger partial charge in [-0.05, 0) is 30.4 Å². The molecule has 0 spiro atoms. The summed E-state index contributed by atoms with van der Waals surface area (Å²) in [5, 5.41) is 9.22. The summed E-state index contributed by atoms with van der Waals surface area (Å²) in [7, 11) is -2.51. The molecule has 2 atom stereocenters. The van der Waals surface area contributed by atoms with Crippen LogP contribution in [0.5, 0.6) is 5.75 Å². The van der Waals surface area contributed by atoms with Crippen molar-refractivity contribution in [2.75, 3.05) is 20.2 Å². The smallest absolute Gasteiger partial charge is 0.339 e. The normalized spacial score (nSPS) is 22.8. The Bertz CT molecular complexity index is 709. The van der Waals surface area contributed by atoms with E-state index in [1.165, 1.54) is 17.5 Å². The lowest BCUT2D eigenvalue weighted by Crippen LogP contribution is -2.42. The van der Waals surface area contributed by atoms with Gasteiger partial charge in [-0.1, -0.05) is 25.4 Å². The summed E-state index contributed by atoms with van der Waals surface area (Å²) in [5.74, 6) is -0.831. The molecule has 1 aromatic carbocycles. The van der Waals surface area contributed by atoms with E-state index in [1.54, 1.807) is 0 Å². The van der Waals surface area contributed by atoms with E-state index < -0.39 is 16.0 Å². The van der Waals surface area contributed by atoms with Gasteiger partial charge in [-0.2, -0.15) is 4.31 Å². The van der Waals surface area contributed by atoms with Crippen molar-refractivity contribution >= 4 is 27.6 Å². The molecule has 0 amide bonds. The second kappa shape index (κ2) is 6.67. The fraction of sp³-hybridized carbons (Fsp3) is 0.533. The van der Waals surface area contributed by atoms with Crippen LogP contribution in [0.3, 0.4) is 0 Å². The van der Waals surface area contributed by atoms with E-state index in [2.05, 4.69) is 0 Å². The quantitative estimate of drug-likeness (QED) is 0.891. The number of benzene rings is 1. The molecule has 8 heteroatoms. The summed E-state index contributed by atoms with van der Waals surface area (Å²) >= 11 is 6.01. The van der Waals surface area contributed by atoms with Crippen LogP contribution in [-0.4, -0.2) is 44.0 Å². The summed E-state index contributed by atoms with van der Waals surface area (Å²) in [5.41, 5.74) is -0.267. The molecular weight excluding hydrogens is 342 g/mol. The number of aromatic carboxylic acids is 1. The molecule has 1 saturated heterocycles. The topological polar surface area (TPSA) is 83.9 Å². The van der Waals surface area contributed by atoms with Gasteiger partial charge in [-0.25, -0.2) is 13.2 Å². The van der Waals surface area contributed by atoms with Gasteiger partial charge in [0, 0.05) is 13.1 Å². The van der Waals surface area contributed by atoms with Crippen LogP contribution in [0.1, 0.15) is 30.6 Å². The van der Waals surface area contributed by atoms with Crippen LogP contribution in [0.25, 0.3) is 0 Å². The fourth-order valence-corrected chi connectivity index (χ4v) is 5.13. The predicted molar refractivity (Wildman–Crippen MR) is 86.7 cm³/mol. The third-order valence-electron chi connectivity index (χ3n) is 3.92. The predicted octanol–water partition coefficient (Wildman–Crippen LogP) is 2.71. The highest BCUT2D eigenvalue weighted by molar-refractivity contribution is 7.89. The van der Waals surface area contributed by atoms with Gasteiger partial charge in [0.25, 0.3) is 0 Å². The Morgan fingerprint density at radius 1 is 1.30 bits per heavy atom. The highest BCUT2D eigenvalue weighted by atomic mass is 35.5. The number of hydrogen-bond donors (Lipinski definition) is 1. The van der Waals surface area contributed by atoms with Crippen molar-refractivity contribution in [2.24, 2.45) is 11.8 Å². The van der Waals surface area contributed by atoms with Gasteiger partial charge in [0.15, 0.2) is 5.75 Å². The van der Waals surface area contributed by atoms with Gasteiger partial charge in [0.05, 0.1) is 17.0 Å². The first-order chi connectivity index (χ1) is 10.7. The summed E-state index contributed by atoms with van der Waals surface area (Å²) in [6.07, 6.45) is 0.968. The minimum absolute atomic E-state index is 0.0379. The van der Waals surface area contributed by atoms with Crippen molar-refractivity contribution in [3.05, 3.63) is 22.7 Å². The minimum atomic E-state index is -3.80. The standard InChI is InChI=1S/C15H20ClNO5S/c1-9-4-10(2)8-17(7-9)23(20,21)11-5-12(15(18)19)14(22-3)13(16)6-11/h5-6,9-10H,4,7-8H2,1-3H3,(H,18,19)/t9-,10+. The average molecular weight is 362 g/mol. The molecule has 0 saturated carbocycles. The molecular formula is C15H20ClNO5S. The Balaban J connectivity index is 2.50. The molecule has 0 bridgehead atoms. The molecule has 0 radical (unpaired) electrons. The van der Waals surface area contributed by atoms with Crippen LogP contribution in [-0.2, 0) is 10.0 Å². The van der Waals surface area contributed by atoms with E-state index in [9.17, 15) is 18.3 Å². The Morgan fingerprint density at radius 2 is 1.87 bits per heavy atom. The summed E-state index contributed by atoms with van der Waals surface area (Å²) < 4.78 is 32.0. The first-order valence-electron chi connectivity index (χ1n) is 7.27. The second-order valence-corrected chi connectivity index (χ2v) is 8.40. The highest BCUT2D eigenvalue weighted by Gasteiger charge is 2.33. The summed E-state index contributed by atoms with van der Waals surface area (Å²) in [6, 6.07) is 2.35. The van der Waals surface area contributed by atoms with E-state index in [4.69, 9.17) is 16.3 Å². The molecule has 0 unspecified atom stereocenters. The van der Waals surface area contributed by atoms with E-state index >= 15 is 0 Å². The third kappa shape index (κ3) is 3.62. The van der Waals surface area contributed by atoms with Gasteiger partial charge in [0.2, 0.25) is 10.0 Å². The first-order valence-corrected chi connectivity index (χ1v) is 9.09. The van der Waals surface area contributed by atoms with Crippen LogP contribution in [0.15, 0.2) is 17.0 Å². The largest absolute Gasteiger partial charge is 0.494 e. The molecule has 0 aromatic heterocycles. The Morgan fingerprint density at radius 3 is 2.35 bits per heavy atom. The van der Waals surface area contributed by atoms with Crippen LogP contribution >= 0.6 is 11.6 Å². The van der Waals surface area contributed by atoms with Crippen LogP contribution in [0.4, 0.5) is 0 Å². The lowest BCUT2D eigenvalue weighted by Gasteiger charge is -2.34. The number of nitrogens with zero attached hydrogens (tertiary/aromatic N) is 1. The van der Waals surface area contributed by atoms with Crippen molar-refractivity contribution in [1.29, 1.82) is 0 Å². The number of hydrogen-bond acceptors (Lipinski definition) is 4. The fourth-order valence-electron chi connectivity index (χ4n) is 3.03. The van der Waals surface area contributed by atoms with Gasteiger partial charge >= 0.3 is 5.97 Å². The van der Waals surface area contributed by atoms with Crippen molar-refractivity contribution < 1.29 is 23.1 Å². The SMILES string of the molecule is COc1c(Cl)cc(S(=O)(=O)N2C[C@H](C)C[C@H](C)C2)cc1C(=O)O. The maximum atomic E-state index is 12.8. The first kappa shape index (κ1) is 18.0. The number of carboxylic acid groups (broad SMARTS) is 1. The number of methoxy groups -OCH3 is 1. The van der Waals surface area contributed by atoms with E-state index in [1.807, 2.05) is 13.8 Å². The molecule has 6 nitrogen and oxygen atoms in total. The zero-order valence-corrected chi connectivity index (χ0v) is 14.8. The van der Waals surface area contributed by atoms with Crippen LogP contribution in [0, 0.1) is 11.8 Å².